The summed E-state index contributed by atoms with van der Waals surface area (Å²) in [4.78, 5) is 9.85. The van der Waals surface area contributed by atoms with Gasteiger partial charge in [0.15, 0.2) is 5.75 Å². The first-order chi connectivity index (χ1) is 7.51. The standard InChI is InChI=1S/C10H9N3O3.ClH/c1-2-8(12)7-3-6(5-11)4-9(10(7)14)13(15)16;/h2-4,8,14H,1,12H2;1H/t8-;/m1./s1. The highest BCUT2D eigenvalue weighted by Gasteiger charge is 2.21. The molecule has 3 N–H and O–H groups in total. The molecular weight excluding hydrogens is 246 g/mol. The summed E-state index contributed by atoms with van der Waals surface area (Å²) >= 11 is 0. The van der Waals surface area contributed by atoms with Crippen LogP contribution in [0.25, 0.3) is 0 Å². The van der Waals surface area contributed by atoms with Gasteiger partial charge in [-0.05, 0) is 6.07 Å². The van der Waals surface area contributed by atoms with Crippen LogP contribution in [-0.4, -0.2) is 10.0 Å². The minimum atomic E-state index is -0.768. The van der Waals surface area contributed by atoms with Gasteiger partial charge in [0.05, 0.1) is 22.6 Å². The molecule has 0 aliphatic rings. The molecule has 0 aliphatic heterocycles. The van der Waals surface area contributed by atoms with Gasteiger partial charge in [0.1, 0.15) is 0 Å². The number of phenolic OH excluding ortho intramolecular Hbond substituents is 1. The average molecular weight is 256 g/mol. The Morgan fingerprint density at radius 3 is 2.65 bits per heavy atom. The molecule has 0 amide bonds. The lowest BCUT2D eigenvalue weighted by molar-refractivity contribution is -0.386. The van der Waals surface area contributed by atoms with Crippen molar-refractivity contribution in [3.05, 3.63) is 46.0 Å². The number of nitro groups is 1. The fourth-order valence-electron chi connectivity index (χ4n) is 1.23. The van der Waals surface area contributed by atoms with Gasteiger partial charge in [-0.15, -0.1) is 19.0 Å². The van der Waals surface area contributed by atoms with Crippen molar-refractivity contribution < 1.29 is 10.0 Å². The first kappa shape index (κ1) is 14.9. The molecule has 1 rings (SSSR count). The highest BCUT2D eigenvalue weighted by atomic mass is 35.5. The van der Waals surface area contributed by atoms with Crippen molar-refractivity contribution in [3.8, 4) is 11.8 Å². The summed E-state index contributed by atoms with van der Waals surface area (Å²) in [5, 5.41) is 28.9. The zero-order valence-electron chi connectivity index (χ0n) is 8.66. The van der Waals surface area contributed by atoms with Crippen LogP contribution in [0.5, 0.6) is 5.75 Å². The molecule has 0 aromatic heterocycles. The largest absolute Gasteiger partial charge is 0.502 e. The molecule has 17 heavy (non-hydrogen) atoms. The minimum Gasteiger partial charge on any atom is -0.502 e. The first-order valence-electron chi connectivity index (χ1n) is 4.30. The van der Waals surface area contributed by atoms with Crippen molar-refractivity contribution in [2.24, 2.45) is 5.73 Å². The Morgan fingerprint density at radius 2 is 2.24 bits per heavy atom. The normalized spacial score (nSPS) is 10.8. The van der Waals surface area contributed by atoms with Gasteiger partial charge in [-0.1, -0.05) is 6.08 Å². The average Bonchev–Trinajstić information content (AvgIpc) is 2.28. The molecule has 0 unspecified atom stereocenters. The van der Waals surface area contributed by atoms with Gasteiger partial charge in [0.2, 0.25) is 0 Å². The topological polar surface area (TPSA) is 113 Å². The molecule has 0 aliphatic carbocycles. The summed E-state index contributed by atoms with van der Waals surface area (Å²) in [6.07, 6.45) is 1.32. The Hall–Kier alpha value is -2.10. The third-order valence-electron chi connectivity index (χ3n) is 2.06. The number of hydrogen-bond donors (Lipinski definition) is 2. The van der Waals surface area contributed by atoms with E-state index < -0.39 is 22.4 Å². The fraction of sp³-hybridized carbons (Fsp3) is 0.100. The van der Waals surface area contributed by atoms with E-state index >= 15 is 0 Å². The first-order valence-corrected chi connectivity index (χ1v) is 4.30. The number of nitriles is 1. The smallest absolute Gasteiger partial charge is 0.312 e. The van der Waals surface area contributed by atoms with Gasteiger partial charge in [0, 0.05) is 11.6 Å². The van der Waals surface area contributed by atoms with E-state index in [-0.39, 0.29) is 23.5 Å². The van der Waals surface area contributed by atoms with Crippen molar-refractivity contribution in [3.63, 3.8) is 0 Å². The van der Waals surface area contributed by atoms with Gasteiger partial charge in [-0.3, -0.25) is 10.1 Å². The maximum atomic E-state index is 10.6. The second-order valence-corrected chi connectivity index (χ2v) is 3.06. The molecule has 1 aromatic carbocycles. The van der Waals surface area contributed by atoms with E-state index in [4.69, 9.17) is 11.0 Å². The molecule has 0 fully saturated rings. The number of phenols is 1. The van der Waals surface area contributed by atoms with E-state index in [1.54, 1.807) is 6.07 Å². The van der Waals surface area contributed by atoms with Gasteiger partial charge < -0.3 is 10.8 Å². The van der Waals surface area contributed by atoms with E-state index in [9.17, 15) is 15.2 Å². The summed E-state index contributed by atoms with van der Waals surface area (Å²) in [7, 11) is 0. The van der Waals surface area contributed by atoms with Crippen molar-refractivity contribution in [2.45, 2.75) is 6.04 Å². The summed E-state index contributed by atoms with van der Waals surface area (Å²) in [5.74, 6) is -0.531. The molecule has 0 bridgehead atoms. The SMILES string of the molecule is C=C[C@@H](N)c1cc(C#N)cc([N+](=O)[O-])c1O.Cl. The van der Waals surface area contributed by atoms with Crippen LogP contribution in [0.15, 0.2) is 24.8 Å². The number of nitrogens with two attached hydrogens (primary N) is 1. The van der Waals surface area contributed by atoms with Crippen molar-refractivity contribution in [1.82, 2.24) is 0 Å². The fourth-order valence-corrected chi connectivity index (χ4v) is 1.23. The maximum Gasteiger partial charge on any atom is 0.312 e. The number of nitro benzene ring substituents is 1. The quantitative estimate of drug-likeness (QED) is 0.485. The van der Waals surface area contributed by atoms with E-state index in [0.717, 1.165) is 6.07 Å². The van der Waals surface area contributed by atoms with E-state index in [1.807, 2.05) is 0 Å². The lowest BCUT2D eigenvalue weighted by atomic mass is 10.0. The van der Waals surface area contributed by atoms with Crippen LogP contribution in [0.3, 0.4) is 0 Å². The molecule has 0 spiro atoms. The second-order valence-electron chi connectivity index (χ2n) is 3.06. The van der Waals surface area contributed by atoms with Gasteiger partial charge in [-0.2, -0.15) is 5.26 Å². The number of hydrogen-bond acceptors (Lipinski definition) is 5. The number of benzene rings is 1. The molecule has 0 radical (unpaired) electrons. The second kappa shape index (κ2) is 5.84. The third kappa shape index (κ3) is 2.93. The Kier molecular flexibility index (Phi) is 5.12. The Labute approximate surface area is 104 Å². The van der Waals surface area contributed by atoms with Gasteiger partial charge >= 0.3 is 5.69 Å². The van der Waals surface area contributed by atoms with E-state index in [2.05, 4.69) is 6.58 Å². The Morgan fingerprint density at radius 1 is 1.65 bits per heavy atom. The minimum absolute atomic E-state index is 0. The van der Waals surface area contributed by atoms with Crippen LogP contribution in [-0.2, 0) is 0 Å². The van der Waals surface area contributed by atoms with Crippen LogP contribution < -0.4 is 5.73 Å². The zero-order chi connectivity index (χ0) is 12.3. The van der Waals surface area contributed by atoms with Gasteiger partial charge in [-0.25, -0.2) is 0 Å². The lowest BCUT2D eigenvalue weighted by Gasteiger charge is -2.09. The number of aromatic hydroxyl groups is 1. The third-order valence-corrected chi connectivity index (χ3v) is 2.06. The number of rotatable bonds is 3. The van der Waals surface area contributed by atoms with Gasteiger partial charge in [0.25, 0.3) is 0 Å². The molecule has 0 heterocycles. The van der Waals surface area contributed by atoms with Crippen molar-refractivity contribution in [2.75, 3.05) is 0 Å². The van der Waals surface area contributed by atoms with Crippen molar-refractivity contribution >= 4 is 18.1 Å². The summed E-state index contributed by atoms with van der Waals surface area (Å²) < 4.78 is 0. The molecule has 0 saturated heterocycles. The van der Waals surface area contributed by atoms with Crippen LogP contribution in [0.4, 0.5) is 5.69 Å². The lowest BCUT2D eigenvalue weighted by Crippen LogP contribution is -2.08. The highest BCUT2D eigenvalue weighted by Crippen LogP contribution is 2.34. The Bertz CT molecular complexity index is 496. The van der Waals surface area contributed by atoms with Crippen molar-refractivity contribution in [1.29, 1.82) is 5.26 Å². The Balaban J connectivity index is 0.00000256. The molecule has 7 heteroatoms. The molecule has 1 atom stereocenters. The summed E-state index contributed by atoms with van der Waals surface area (Å²) in [6.45, 7) is 3.42. The van der Waals surface area contributed by atoms with Crippen LogP contribution in [0.2, 0.25) is 0 Å². The molecular formula is C10H10ClN3O3. The molecule has 90 valence electrons. The molecule has 6 nitrogen and oxygen atoms in total. The molecule has 0 saturated carbocycles. The highest BCUT2D eigenvalue weighted by molar-refractivity contribution is 5.85. The predicted molar refractivity (Wildman–Crippen MR) is 63.8 cm³/mol. The summed E-state index contributed by atoms with van der Waals surface area (Å²) in [6, 6.07) is 3.30. The number of halogens is 1. The summed E-state index contributed by atoms with van der Waals surface area (Å²) in [5.41, 5.74) is 5.22. The monoisotopic (exact) mass is 255 g/mol. The van der Waals surface area contributed by atoms with E-state index in [1.165, 1.54) is 12.1 Å². The van der Waals surface area contributed by atoms with E-state index in [0.29, 0.717) is 0 Å². The maximum absolute atomic E-state index is 10.6. The zero-order valence-corrected chi connectivity index (χ0v) is 9.48. The number of nitrogens with zero attached hydrogens (tertiary/aromatic N) is 2. The van der Waals surface area contributed by atoms with Crippen LogP contribution in [0, 0.1) is 21.4 Å². The van der Waals surface area contributed by atoms with Crippen LogP contribution >= 0.6 is 12.4 Å². The molecule has 1 aromatic rings. The predicted octanol–water partition coefficient (Wildman–Crippen LogP) is 1.78. The van der Waals surface area contributed by atoms with Crippen LogP contribution in [0.1, 0.15) is 17.2 Å².